The number of hydrogen-bond acceptors (Lipinski definition) is 4. The molecule has 6 nitrogen and oxygen atoms in total. The first kappa shape index (κ1) is 13.4. The van der Waals surface area contributed by atoms with E-state index in [0.29, 0.717) is 6.42 Å². The van der Waals surface area contributed by atoms with Crippen LogP contribution in [0.5, 0.6) is 0 Å². The van der Waals surface area contributed by atoms with Gasteiger partial charge < -0.3 is 5.11 Å². The van der Waals surface area contributed by atoms with Gasteiger partial charge in [-0.25, -0.2) is 4.18 Å². The maximum absolute atomic E-state index is 12.0. The largest absolute Gasteiger partial charge is 0.531 e. The van der Waals surface area contributed by atoms with Crippen LogP contribution >= 0.6 is 0 Å². The zero-order valence-electron chi connectivity index (χ0n) is 9.93. The molecule has 1 aliphatic rings. The molecule has 1 saturated heterocycles. The molecule has 0 aromatic carbocycles. The van der Waals surface area contributed by atoms with Crippen molar-refractivity contribution < 1.29 is 26.4 Å². The lowest BCUT2D eigenvalue weighted by molar-refractivity contribution is -0.794. The van der Waals surface area contributed by atoms with Crippen LogP contribution in [0.3, 0.4) is 0 Å². The molecule has 1 heterocycles. The molecule has 0 radical (unpaired) electrons. The van der Waals surface area contributed by atoms with Crippen molar-refractivity contribution >= 4 is 16.4 Å². The van der Waals surface area contributed by atoms with Gasteiger partial charge >= 0.3 is 16.4 Å². The van der Waals surface area contributed by atoms with Crippen LogP contribution in [0.15, 0.2) is 0 Å². The van der Waals surface area contributed by atoms with E-state index in [1.165, 1.54) is 0 Å². The molecule has 1 N–H and O–H groups in total. The molecule has 0 bridgehead atoms. The molecule has 1 aliphatic heterocycles. The molecule has 2 atom stereocenters. The summed E-state index contributed by atoms with van der Waals surface area (Å²) in [4.78, 5) is 11.4. The highest BCUT2D eigenvalue weighted by Crippen LogP contribution is 2.36. The fourth-order valence-electron chi connectivity index (χ4n) is 1.95. The van der Waals surface area contributed by atoms with Crippen LogP contribution in [0.1, 0.15) is 34.1 Å². The molecule has 1 fully saturated rings. The maximum atomic E-state index is 12.0. The van der Waals surface area contributed by atoms with E-state index in [4.69, 9.17) is 4.18 Å². The van der Waals surface area contributed by atoms with E-state index in [9.17, 15) is 18.3 Å². The monoisotopic (exact) mass is 252 g/mol. The first-order chi connectivity index (χ1) is 7.04. The lowest BCUT2D eigenvalue weighted by Crippen LogP contribution is -2.69. The van der Waals surface area contributed by atoms with Gasteiger partial charge in [-0.1, -0.05) is 3.89 Å². The topological polar surface area (TPSA) is 80.7 Å². The van der Waals surface area contributed by atoms with Crippen LogP contribution in [0.2, 0.25) is 0 Å². The van der Waals surface area contributed by atoms with Gasteiger partial charge in [-0.15, -0.1) is 8.42 Å². The number of nitrogens with zero attached hydrogens (tertiary/aromatic N) is 1. The fourth-order valence-corrected chi connectivity index (χ4v) is 3.80. The third-order valence-corrected chi connectivity index (χ3v) is 5.13. The molecular weight excluding hydrogens is 234 g/mol. The van der Waals surface area contributed by atoms with Gasteiger partial charge in [-0.2, -0.15) is 4.79 Å². The summed E-state index contributed by atoms with van der Waals surface area (Å²) in [7, 11) is -4.15. The van der Waals surface area contributed by atoms with Crippen LogP contribution in [0.25, 0.3) is 0 Å². The van der Waals surface area contributed by atoms with E-state index >= 15 is 0 Å². The second-order valence-electron chi connectivity index (χ2n) is 5.04. The van der Waals surface area contributed by atoms with Gasteiger partial charge in [0.15, 0.2) is 0 Å². The molecule has 0 aromatic heterocycles. The Morgan fingerprint density at radius 2 is 1.94 bits per heavy atom. The smallest absolute Gasteiger partial charge is 0.434 e. The van der Waals surface area contributed by atoms with Gasteiger partial charge in [-0.05, 0) is 27.7 Å². The summed E-state index contributed by atoms with van der Waals surface area (Å²) < 4.78 is 27.7. The average Bonchev–Trinajstić information content (AvgIpc) is 1.97. The van der Waals surface area contributed by atoms with Gasteiger partial charge in [0.1, 0.15) is 12.1 Å². The second kappa shape index (κ2) is 3.68. The molecule has 1 rings (SSSR count). The van der Waals surface area contributed by atoms with Crippen LogP contribution < -0.4 is 0 Å². The SMILES string of the molecule is C[C@H]1CC[N+](C(=O)O)(C(C)(C)C)S(=O)(=O)O1. The summed E-state index contributed by atoms with van der Waals surface area (Å²) in [6, 6.07) is 0. The normalized spacial score (nSPS) is 34.6. The van der Waals surface area contributed by atoms with Crippen molar-refractivity contribution in [3.05, 3.63) is 0 Å². The first-order valence-corrected chi connectivity index (χ1v) is 6.46. The third kappa shape index (κ3) is 1.72. The minimum Gasteiger partial charge on any atom is -0.434 e. The van der Waals surface area contributed by atoms with Crippen molar-refractivity contribution in [2.45, 2.75) is 45.8 Å². The predicted octanol–water partition coefficient (Wildman–Crippen LogP) is 1.33. The van der Waals surface area contributed by atoms with Gasteiger partial charge in [0.2, 0.25) is 0 Å². The molecule has 16 heavy (non-hydrogen) atoms. The summed E-state index contributed by atoms with van der Waals surface area (Å²) in [5, 5.41) is 9.26. The van der Waals surface area contributed by atoms with E-state index < -0.39 is 31.9 Å². The van der Waals surface area contributed by atoms with E-state index in [0.717, 1.165) is 0 Å². The Morgan fingerprint density at radius 1 is 1.44 bits per heavy atom. The van der Waals surface area contributed by atoms with Crippen molar-refractivity contribution in [1.29, 1.82) is 0 Å². The van der Waals surface area contributed by atoms with Crippen molar-refractivity contribution in [2.75, 3.05) is 6.54 Å². The number of carboxylic acid groups (broad SMARTS) is 1. The van der Waals surface area contributed by atoms with Crippen LogP contribution in [-0.2, 0) is 14.5 Å². The maximum Gasteiger partial charge on any atom is 0.531 e. The van der Waals surface area contributed by atoms with Crippen LogP contribution in [0.4, 0.5) is 4.79 Å². The predicted molar refractivity (Wildman–Crippen MR) is 57.0 cm³/mol. The number of quaternary nitrogens is 1. The van der Waals surface area contributed by atoms with Gasteiger partial charge in [0.25, 0.3) is 0 Å². The summed E-state index contributed by atoms with van der Waals surface area (Å²) in [6.45, 7) is 6.40. The van der Waals surface area contributed by atoms with Crippen LogP contribution in [0, 0.1) is 0 Å². The number of rotatable bonds is 0. The molecule has 94 valence electrons. The Morgan fingerprint density at radius 3 is 2.25 bits per heavy atom. The highest BCUT2D eigenvalue weighted by atomic mass is 32.2. The lowest BCUT2D eigenvalue weighted by Gasteiger charge is -2.43. The lowest BCUT2D eigenvalue weighted by atomic mass is 10.1. The standard InChI is InChI=1S/C9H17NO5S/c1-7-5-6-10(8(11)12,9(2,3)4)16(13,14)15-7/h7H,5-6H2,1-4H3/p+1/t7-,10?/m0/s1. The molecule has 0 spiro atoms. The summed E-state index contributed by atoms with van der Waals surface area (Å²) in [5.41, 5.74) is -0.967. The third-order valence-electron chi connectivity index (χ3n) is 2.91. The molecule has 1 unspecified atom stereocenters. The van der Waals surface area contributed by atoms with Crippen molar-refractivity contribution in [2.24, 2.45) is 0 Å². The zero-order chi connectivity index (χ0) is 12.8. The second-order valence-corrected chi connectivity index (χ2v) is 6.71. The molecule has 1 amide bonds. The molecule has 7 heteroatoms. The number of carbonyl (C=O) groups is 1. The zero-order valence-corrected chi connectivity index (χ0v) is 10.7. The van der Waals surface area contributed by atoms with Gasteiger partial charge in [0, 0.05) is 6.42 Å². The molecule has 0 saturated carbocycles. The summed E-state index contributed by atoms with van der Waals surface area (Å²) in [6.07, 6.45) is -1.44. The van der Waals surface area contributed by atoms with Crippen molar-refractivity contribution in [1.82, 2.24) is 0 Å². The summed E-state index contributed by atoms with van der Waals surface area (Å²) in [5.74, 6) is 0. The molecule has 0 aliphatic carbocycles. The Labute approximate surface area is 95.7 Å². The van der Waals surface area contributed by atoms with Gasteiger partial charge in [0.05, 0.1) is 6.10 Å². The Kier molecular flexibility index (Phi) is 3.08. The highest BCUT2D eigenvalue weighted by molar-refractivity contribution is 7.81. The minimum atomic E-state index is -4.15. The van der Waals surface area contributed by atoms with Crippen LogP contribution in [-0.4, -0.2) is 41.7 Å². The van der Waals surface area contributed by atoms with E-state index in [2.05, 4.69) is 0 Å². The summed E-state index contributed by atoms with van der Waals surface area (Å²) >= 11 is 0. The number of hydrogen-bond donors (Lipinski definition) is 1. The Hall–Kier alpha value is -0.660. The van der Waals surface area contributed by atoms with E-state index in [-0.39, 0.29) is 6.54 Å². The van der Waals surface area contributed by atoms with E-state index in [1.807, 2.05) is 0 Å². The Bertz CT molecular complexity index is 397. The Balaban J connectivity index is 3.38. The van der Waals surface area contributed by atoms with Gasteiger partial charge in [-0.3, -0.25) is 0 Å². The number of amides is 1. The molecule has 0 aromatic rings. The fraction of sp³-hybridized carbons (Fsp3) is 0.889. The van der Waals surface area contributed by atoms with Crippen molar-refractivity contribution in [3.63, 3.8) is 0 Å². The quantitative estimate of drug-likeness (QED) is 0.658. The van der Waals surface area contributed by atoms with E-state index in [1.54, 1.807) is 27.7 Å². The minimum absolute atomic E-state index is 0.0301. The van der Waals surface area contributed by atoms with Crippen molar-refractivity contribution in [3.8, 4) is 0 Å². The highest BCUT2D eigenvalue weighted by Gasteiger charge is 2.61. The average molecular weight is 252 g/mol. The first-order valence-electron chi connectivity index (χ1n) is 5.10. The molecular formula is C9H18NO5S+.